The van der Waals surface area contributed by atoms with E-state index < -0.39 is 5.82 Å². The summed E-state index contributed by atoms with van der Waals surface area (Å²) >= 11 is 0. The first-order valence-electron chi connectivity index (χ1n) is 8.09. The first-order valence-corrected chi connectivity index (χ1v) is 8.09. The van der Waals surface area contributed by atoms with Gasteiger partial charge in [-0.2, -0.15) is 0 Å². The highest BCUT2D eigenvalue weighted by Gasteiger charge is 2.15. The molecule has 0 bridgehead atoms. The topological polar surface area (TPSA) is 73.6 Å². The molecule has 26 heavy (non-hydrogen) atoms. The number of aromatic nitrogens is 1. The largest absolute Gasteiger partial charge is 0.486 e. The van der Waals surface area contributed by atoms with E-state index in [-0.39, 0.29) is 18.1 Å². The Balaban J connectivity index is 1.43. The highest BCUT2D eigenvalue weighted by Crippen LogP contribution is 2.32. The molecule has 3 aromatic rings. The van der Waals surface area contributed by atoms with Gasteiger partial charge < -0.3 is 19.3 Å². The monoisotopic (exact) mass is 354 g/mol. The first-order chi connectivity index (χ1) is 12.7. The Morgan fingerprint density at radius 1 is 1.08 bits per heavy atom. The minimum absolute atomic E-state index is 0.00634. The van der Waals surface area contributed by atoms with Gasteiger partial charge in [0.05, 0.1) is 17.7 Å². The zero-order chi connectivity index (χ0) is 17.9. The standard InChI is InChI=1S/C19H15FN2O4/c20-15-4-2-1-3-14(15)17-10-13(22-26-17)11-19(23)21-12-5-6-16-18(9-12)25-8-7-24-16/h1-6,9-10H,7-8,11H2,(H,21,23). The fourth-order valence-electron chi connectivity index (χ4n) is 2.67. The molecule has 1 aliphatic rings. The molecule has 0 aliphatic carbocycles. The Hall–Kier alpha value is -3.35. The number of rotatable bonds is 4. The quantitative estimate of drug-likeness (QED) is 0.777. The van der Waals surface area contributed by atoms with Gasteiger partial charge in [0.25, 0.3) is 0 Å². The molecule has 1 aliphatic heterocycles. The summed E-state index contributed by atoms with van der Waals surface area (Å²) in [6, 6.07) is 13.0. The van der Waals surface area contributed by atoms with Crippen LogP contribution in [0.2, 0.25) is 0 Å². The lowest BCUT2D eigenvalue weighted by atomic mass is 10.1. The van der Waals surface area contributed by atoms with Crippen LogP contribution >= 0.6 is 0 Å². The van der Waals surface area contributed by atoms with Gasteiger partial charge in [-0.3, -0.25) is 4.79 Å². The maximum atomic E-state index is 13.8. The predicted octanol–water partition coefficient (Wildman–Crippen LogP) is 3.43. The molecule has 0 fully saturated rings. The van der Waals surface area contributed by atoms with Crippen molar-refractivity contribution in [2.45, 2.75) is 6.42 Å². The van der Waals surface area contributed by atoms with Gasteiger partial charge in [-0.25, -0.2) is 4.39 Å². The van der Waals surface area contributed by atoms with E-state index in [1.54, 1.807) is 42.5 Å². The summed E-state index contributed by atoms with van der Waals surface area (Å²) in [7, 11) is 0. The molecule has 1 amide bonds. The third kappa shape index (κ3) is 3.37. The summed E-state index contributed by atoms with van der Waals surface area (Å²) in [5.74, 6) is 0.855. The zero-order valence-corrected chi connectivity index (χ0v) is 13.7. The molecule has 2 aromatic carbocycles. The summed E-state index contributed by atoms with van der Waals surface area (Å²) in [5.41, 5.74) is 1.31. The Morgan fingerprint density at radius 2 is 1.88 bits per heavy atom. The summed E-state index contributed by atoms with van der Waals surface area (Å²) in [6.07, 6.45) is 0.00634. The minimum Gasteiger partial charge on any atom is -0.486 e. The number of carbonyl (C=O) groups excluding carboxylic acids is 1. The third-order valence-electron chi connectivity index (χ3n) is 3.87. The van der Waals surface area contributed by atoms with Crippen LogP contribution in [0.1, 0.15) is 5.69 Å². The number of hydrogen-bond donors (Lipinski definition) is 1. The van der Waals surface area contributed by atoms with Gasteiger partial charge in [-0.15, -0.1) is 0 Å². The number of amides is 1. The molecule has 0 atom stereocenters. The number of fused-ring (bicyclic) bond motifs is 1. The maximum absolute atomic E-state index is 13.8. The van der Waals surface area contributed by atoms with E-state index in [1.807, 2.05) is 0 Å². The van der Waals surface area contributed by atoms with E-state index in [0.29, 0.717) is 41.7 Å². The number of nitrogens with one attached hydrogen (secondary N) is 1. The molecule has 7 heteroatoms. The fourth-order valence-corrected chi connectivity index (χ4v) is 2.67. The molecular formula is C19H15FN2O4. The van der Waals surface area contributed by atoms with E-state index in [0.717, 1.165) is 0 Å². The number of halogens is 1. The average molecular weight is 354 g/mol. The third-order valence-corrected chi connectivity index (χ3v) is 3.87. The average Bonchev–Trinajstić information content (AvgIpc) is 3.10. The molecule has 1 aromatic heterocycles. The second kappa shape index (κ2) is 6.87. The van der Waals surface area contributed by atoms with Gasteiger partial charge >= 0.3 is 0 Å². The summed E-state index contributed by atoms with van der Waals surface area (Å²) in [4.78, 5) is 12.2. The van der Waals surface area contributed by atoms with E-state index in [2.05, 4.69) is 10.5 Å². The van der Waals surface area contributed by atoms with E-state index in [4.69, 9.17) is 14.0 Å². The molecule has 0 spiro atoms. The number of hydrogen-bond acceptors (Lipinski definition) is 5. The molecule has 132 valence electrons. The van der Waals surface area contributed by atoms with Gasteiger partial charge in [-0.05, 0) is 24.3 Å². The lowest BCUT2D eigenvalue weighted by Gasteiger charge is -2.18. The van der Waals surface area contributed by atoms with Crippen LogP contribution in [0.25, 0.3) is 11.3 Å². The first kappa shape index (κ1) is 16.1. The fraction of sp³-hybridized carbons (Fsp3) is 0.158. The highest BCUT2D eigenvalue weighted by molar-refractivity contribution is 5.92. The smallest absolute Gasteiger partial charge is 0.230 e. The van der Waals surface area contributed by atoms with Crippen LogP contribution < -0.4 is 14.8 Å². The van der Waals surface area contributed by atoms with E-state index in [9.17, 15) is 9.18 Å². The number of anilines is 1. The molecule has 0 unspecified atom stereocenters. The second-order valence-corrected chi connectivity index (χ2v) is 5.75. The number of nitrogens with zero attached hydrogens (tertiary/aromatic N) is 1. The highest BCUT2D eigenvalue weighted by atomic mass is 19.1. The molecule has 2 heterocycles. The molecule has 4 rings (SSSR count). The molecule has 0 saturated carbocycles. The van der Waals surface area contributed by atoms with Crippen LogP contribution in [0.4, 0.5) is 10.1 Å². The molecule has 0 radical (unpaired) electrons. The van der Waals surface area contributed by atoms with Crippen molar-refractivity contribution in [2.24, 2.45) is 0 Å². The number of benzene rings is 2. The van der Waals surface area contributed by atoms with Crippen molar-refractivity contribution in [3.8, 4) is 22.8 Å². The van der Waals surface area contributed by atoms with Crippen LogP contribution in [-0.2, 0) is 11.2 Å². The number of ether oxygens (including phenoxy) is 2. The van der Waals surface area contributed by atoms with Crippen molar-refractivity contribution >= 4 is 11.6 Å². The molecule has 0 saturated heterocycles. The van der Waals surface area contributed by atoms with Crippen LogP contribution in [0, 0.1) is 5.82 Å². The van der Waals surface area contributed by atoms with E-state index in [1.165, 1.54) is 6.07 Å². The molecular weight excluding hydrogens is 339 g/mol. The lowest BCUT2D eigenvalue weighted by molar-refractivity contribution is -0.115. The molecule has 1 N–H and O–H groups in total. The van der Waals surface area contributed by atoms with Crippen molar-refractivity contribution in [1.82, 2.24) is 5.16 Å². The maximum Gasteiger partial charge on any atom is 0.230 e. The Labute approximate surface area is 148 Å². The second-order valence-electron chi connectivity index (χ2n) is 5.75. The Morgan fingerprint density at radius 3 is 2.73 bits per heavy atom. The Kier molecular flexibility index (Phi) is 4.27. The van der Waals surface area contributed by atoms with Gasteiger partial charge in [0.15, 0.2) is 17.3 Å². The van der Waals surface area contributed by atoms with Crippen molar-refractivity contribution in [3.05, 3.63) is 60.0 Å². The minimum atomic E-state index is -0.407. The van der Waals surface area contributed by atoms with Crippen LogP contribution in [0.3, 0.4) is 0 Å². The van der Waals surface area contributed by atoms with Crippen molar-refractivity contribution in [2.75, 3.05) is 18.5 Å². The summed E-state index contributed by atoms with van der Waals surface area (Å²) in [6.45, 7) is 0.984. The Bertz CT molecular complexity index is 954. The summed E-state index contributed by atoms with van der Waals surface area (Å²) < 4.78 is 29.9. The van der Waals surface area contributed by atoms with Gasteiger partial charge in [0, 0.05) is 17.8 Å². The van der Waals surface area contributed by atoms with Crippen LogP contribution in [0.15, 0.2) is 53.1 Å². The van der Waals surface area contributed by atoms with Gasteiger partial charge in [-0.1, -0.05) is 17.3 Å². The SMILES string of the molecule is O=C(Cc1cc(-c2ccccc2F)on1)Nc1ccc2c(c1)OCCO2. The van der Waals surface area contributed by atoms with Crippen molar-refractivity contribution in [3.63, 3.8) is 0 Å². The number of carbonyl (C=O) groups is 1. The van der Waals surface area contributed by atoms with Crippen molar-refractivity contribution < 1.29 is 23.2 Å². The molecule has 6 nitrogen and oxygen atoms in total. The van der Waals surface area contributed by atoms with Crippen molar-refractivity contribution in [1.29, 1.82) is 0 Å². The predicted molar refractivity (Wildman–Crippen MR) is 91.7 cm³/mol. The van der Waals surface area contributed by atoms with Crippen LogP contribution in [-0.4, -0.2) is 24.3 Å². The normalized spacial score (nSPS) is 12.7. The van der Waals surface area contributed by atoms with Gasteiger partial charge in [0.2, 0.25) is 5.91 Å². The lowest BCUT2D eigenvalue weighted by Crippen LogP contribution is -2.17. The zero-order valence-electron chi connectivity index (χ0n) is 13.7. The summed E-state index contributed by atoms with van der Waals surface area (Å²) in [5, 5.41) is 6.61. The van der Waals surface area contributed by atoms with E-state index >= 15 is 0 Å². The van der Waals surface area contributed by atoms with Gasteiger partial charge in [0.1, 0.15) is 19.0 Å². The van der Waals surface area contributed by atoms with Crippen LogP contribution in [0.5, 0.6) is 11.5 Å².